The largest absolute Gasteiger partial charge is 0.316 e. The summed E-state index contributed by atoms with van der Waals surface area (Å²) in [5.74, 6) is 0.778. The van der Waals surface area contributed by atoms with E-state index in [1.807, 2.05) is 0 Å². The van der Waals surface area contributed by atoms with E-state index in [1.165, 1.54) is 19.5 Å². The lowest BCUT2D eigenvalue weighted by molar-refractivity contribution is 0.201. The fourth-order valence-corrected chi connectivity index (χ4v) is 4.61. The molecule has 1 N–H and O–H groups in total. The van der Waals surface area contributed by atoms with E-state index in [0.29, 0.717) is 6.84 Å². The first-order valence-electron chi connectivity index (χ1n) is 4.42. The maximum atomic E-state index is 3.49. The minimum absolute atomic E-state index is 0.426. The predicted octanol–water partition coefficient (Wildman–Crippen LogP) is 3.21. The summed E-state index contributed by atoms with van der Waals surface area (Å²) < 4.78 is 0.457. The third-order valence-electron chi connectivity index (χ3n) is 2.54. The van der Waals surface area contributed by atoms with Gasteiger partial charge in [0.25, 0.3) is 0 Å². The summed E-state index contributed by atoms with van der Waals surface area (Å²) in [5, 5.41) is 3.49. The summed E-state index contributed by atoms with van der Waals surface area (Å²) in [4.78, 5) is 0. The Morgan fingerprint density at radius 1 is 1.33 bits per heavy atom. The fraction of sp³-hybridized carbons (Fsp3) is 1.00. The first-order chi connectivity index (χ1) is 5.34. The van der Waals surface area contributed by atoms with Crippen LogP contribution < -0.4 is 5.32 Å². The van der Waals surface area contributed by atoms with Crippen molar-refractivity contribution in [2.75, 3.05) is 13.1 Å². The van der Waals surface area contributed by atoms with E-state index < -0.39 is 0 Å². The maximum Gasteiger partial charge on any atom is 0.0791 e. The third-order valence-corrected chi connectivity index (χ3v) is 5.12. The van der Waals surface area contributed by atoms with Gasteiger partial charge in [0.1, 0.15) is 0 Å². The van der Waals surface area contributed by atoms with E-state index in [4.69, 9.17) is 0 Å². The molecule has 12 heavy (non-hydrogen) atoms. The van der Waals surface area contributed by atoms with Crippen LogP contribution in [0.5, 0.6) is 0 Å². The zero-order valence-electron chi connectivity index (χ0n) is 7.95. The lowest BCUT2D eigenvalue weighted by Gasteiger charge is -2.43. The minimum Gasteiger partial charge on any atom is -0.316 e. The van der Waals surface area contributed by atoms with Crippen LogP contribution in [0, 0.1) is 11.3 Å². The lowest BCUT2D eigenvalue weighted by atomic mass is 9.77. The van der Waals surface area contributed by atoms with Gasteiger partial charge in [-0.05, 0) is 24.3 Å². The van der Waals surface area contributed by atoms with Gasteiger partial charge in [-0.1, -0.05) is 66.0 Å². The molecule has 1 aliphatic rings. The zero-order chi connectivity index (χ0) is 9.41. The Kier molecular flexibility index (Phi) is 3.72. The molecule has 1 atom stereocenters. The van der Waals surface area contributed by atoms with E-state index in [0.717, 1.165) is 5.92 Å². The van der Waals surface area contributed by atoms with Gasteiger partial charge >= 0.3 is 0 Å². The first-order valence-corrected chi connectivity index (χ1v) is 6.58. The Labute approximate surface area is 103 Å². The van der Waals surface area contributed by atoms with Crippen LogP contribution in [-0.2, 0) is 0 Å². The number of hydrogen-bond acceptors (Lipinski definition) is 1. The Morgan fingerprint density at radius 2 is 1.92 bits per heavy atom. The van der Waals surface area contributed by atoms with Gasteiger partial charge in [0, 0.05) is 6.54 Å². The van der Waals surface area contributed by atoms with Crippen molar-refractivity contribution in [1.29, 1.82) is 0 Å². The molecule has 72 valence electrons. The second-order valence-electron chi connectivity index (χ2n) is 4.63. The van der Waals surface area contributed by atoms with Crippen LogP contribution in [0.25, 0.3) is 0 Å². The van der Waals surface area contributed by atoms with Gasteiger partial charge in [-0.2, -0.15) is 0 Å². The van der Waals surface area contributed by atoms with E-state index >= 15 is 0 Å². The molecule has 0 aromatic rings. The highest BCUT2D eigenvalue weighted by molar-refractivity contribution is 14.2. The number of hydrogen-bond donors (Lipinski definition) is 1. The molecule has 1 unspecified atom stereocenters. The molecule has 1 rings (SSSR count). The molecule has 0 aromatic carbocycles. The summed E-state index contributed by atoms with van der Waals surface area (Å²) >= 11 is 5.25. The zero-order valence-corrected chi connectivity index (χ0v) is 12.3. The number of halogens is 2. The molecule has 0 bridgehead atoms. The van der Waals surface area contributed by atoms with Crippen molar-refractivity contribution in [2.45, 2.75) is 28.6 Å². The van der Waals surface area contributed by atoms with Gasteiger partial charge in [0.05, 0.1) is 1.43 Å². The Balaban J connectivity index is 2.73. The molecule has 1 heterocycles. The molecule has 0 saturated carbocycles. The highest BCUT2D eigenvalue weighted by Gasteiger charge is 2.42. The molecular formula is C9H17I2N. The van der Waals surface area contributed by atoms with Crippen molar-refractivity contribution in [3.05, 3.63) is 0 Å². The molecule has 0 radical (unpaired) electrons. The molecule has 1 saturated heterocycles. The fourth-order valence-electron chi connectivity index (χ4n) is 1.76. The number of nitrogens with one attached hydrogen (secondary N) is 1. The van der Waals surface area contributed by atoms with Crippen LogP contribution in [0.15, 0.2) is 0 Å². The van der Waals surface area contributed by atoms with Crippen molar-refractivity contribution in [3.8, 4) is 0 Å². The second-order valence-corrected chi connectivity index (χ2v) is 10.5. The smallest absolute Gasteiger partial charge is 0.0791 e. The van der Waals surface area contributed by atoms with Crippen molar-refractivity contribution in [3.63, 3.8) is 0 Å². The molecule has 0 amide bonds. The Hall–Kier alpha value is 1.42. The molecular weight excluding hydrogens is 376 g/mol. The molecule has 0 aliphatic carbocycles. The van der Waals surface area contributed by atoms with E-state index in [1.54, 1.807) is 0 Å². The van der Waals surface area contributed by atoms with Gasteiger partial charge in [-0.3, -0.25) is 0 Å². The quantitative estimate of drug-likeness (QED) is 0.493. The van der Waals surface area contributed by atoms with E-state index in [9.17, 15) is 0 Å². The maximum absolute atomic E-state index is 3.49. The Morgan fingerprint density at radius 3 is 2.25 bits per heavy atom. The molecule has 3 heteroatoms. The van der Waals surface area contributed by atoms with E-state index in [2.05, 4.69) is 71.3 Å². The van der Waals surface area contributed by atoms with Gasteiger partial charge in [-0.25, -0.2) is 0 Å². The van der Waals surface area contributed by atoms with Crippen molar-refractivity contribution >= 4 is 45.2 Å². The van der Waals surface area contributed by atoms with Crippen LogP contribution in [-0.4, -0.2) is 14.5 Å². The minimum atomic E-state index is 0.426. The lowest BCUT2D eigenvalue weighted by Crippen LogP contribution is -2.48. The van der Waals surface area contributed by atoms with Crippen molar-refractivity contribution in [2.24, 2.45) is 11.3 Å². The highest BCUT2D eigenvalue weighted by atomic mass is 127. The molecule has 1 aliphatic heterocycles. The van der Waals surface area contributed by atoms with Crippen LogP contribution in [0.2, 0.25) is 0 Å². The summed E-state index contributed by atoms with van der Waals surface area (Å²) in [6.45, 7) is 9.39. The molecule has 1 fully saturated rings. The van der Waals surface area contributed by atoms with Crippen LogP contribution in [0.1, 0.15) is 27.2 Å². The summed E-state index contributed by atoms with van der Waals surface area (Å²) in [6, 6.07) is 0. The van der Waals surface area contributed by atoms with Crippen LogP contribution in [0.4, 0.5) is 0 Å². The number of alkyl halides is 2. The van der Waals surface area contributed by atoms with Crippen LogP contribution >= 0.6 is 45.2 Å². The summed E-state index contributed by atoms with van der Waals surface area (Å²) in [7, 11) is 0. The molecule has 0 aromatic heterocycles. The van der Waals surface area contributed by atoms with Crippen LogP contribution in [0.3, 0.4) is 0 Å². The monoisotopic (exact) mass is 393 g/mol. The average Bonchev–Trinajstić information content (AvgIpc) is 1.83. The highest BCUT2D eigenvalue weighted by Crippen LogP contribution is 2.48. The second kappa shape index (κ2) is 3.88. The number of rotatable bonds is 0. The Bertz CT molecular complexity index is 160. The topological polar surface area (TPSA) is 12.0 Å². The van der Waals surface area contributed by atoms with Crippen molar-refractivity contribution < 1.29 is 0 Å². The van der Waals surface area contributed by atoms with Gasteiger partial charge in [0.15, 0.2) is 0 Å². The van der Waals surface area contributed by atoms with E-state index in [-0.39, 0.29) is 0 Å². The van der Waals surface area contributed by atoms with Crippen molar-refractivity contribution in [1.82, 2.24) is 5.32 Å². The van der Waals surface area contributed by atoms with Gasteiger partial charge in [0.2, 0.25) is 0 Å². The van der Waals surface area contributed by atoms with Gasteiger partial charge in [-0.15, -0.1) is 0 Å². The summed E-state index contributed by atoms with van der Waals surface area (Å²) in [5.41, 5.74) is 0.426. The first kappa shape index (κ1) is 11.5. The predicted molar refractivity (Wildman–Crippen MR) is 71.2 cm³/mol. The SMILES string of the molecule is CC(C)(C)C1CNCCC1(I)I. The summed E-state index contributed by atoms with van der Waals surface area (Å²) in [6.07, 6.45) is 1.29. The van der Waals surface area contributed by atoms with Gasteiger partial charge < -0.3 is 5.32 Å². The number of piperidine rings is 1. The average molecular weight is 393 g/mol. The molecule has 1 nitrogen and oxygen atoms in total. The normalized spacial score (nSPS) is 30.2. The third kappa shape index (κ3) is 2.70. The standard InChI is InChI=1S/C9H17I2N/c1-8(2,3)7-6-12-5-4-9(7,10)11/h7,12H,4-6H2,1-3H3. The molecule has 0 spiro atoms.